The first-order chi connectivity index (χ1) is 5.57. The summed E-state index contributed by atoms with van der Waals surface area (Å²) in [7, 11) is 3.83. The van der Waals surface area contributed by atoms with Crippen LogP contribution in [0.1, 0.15) is 13.3 Å². The summed E-state index contributed by atoms with van der Waals surface area (Å²) in [6.45, 7) is 7.06. The normalized spacial score (nSPS) is 10.0. The molecule has 1 N–H and O–H groups in total. The molecule has 0 rings (SSSR count). The minimum atomic E-state index is -0.0365. The van der Waals surface area contributed by atoms with Gasteiger partial charge in [-0.3, -0.25) is 4.79 Å². The van der Waals surface area contributed by atoms with Gasteiger partial charge in [-0.25, -0.2) is 0 Å². The number of hydrogen-bond acceptors (Lipinski definition) is 2. The fourth-order valence-corrected chi connectivity index (χ4v) is 0.817. The highest BCUT2D eigenvalue weighted by Gasteiger charge is 2.05. The van der Waals surface area contributed by atoms with Gasteiger partial charge in [0.2, 0.25) is 5.91 Å². The van der Waals surface area contributed by atoms with Gasteiger partial charge in [0.15, 0.2) is 0 Å². The van der Waals surface area contributed by atoms with E-state index in [2.05, 4.69) is 11.9 Å². The van der Waals surface area contributed by atoms with Crippen LogP contribution in [0.3, 0.4) is 0 Å². The Morgan fingerprint density at radius 2 is 2.08 bits per heavy atom. The third-order valence-corrected chi connectivity index (χ3v) is 1.36. The fourth-order valence-electron chi connectivity index (χ4n) is 0.817. The number of nitrogens with one attached hydrogen (secondary N) is 1. The second kappa shape index (κ2) is 5.77. The lowest BCUT2D eigenvalue weighted by Gasteiger charge is -2.11. The summed E-state index contributed by atoms with van der Waals surface area (Å²) in [5, 5.41) is 2.77. The van der Waals surface area contributed by atoms with E-state index in [1.807, 2.05) is 25.9 Å². The molecule has 0 fully saturated rings. The van der Waals surface area contributed by atoms with Crippen molar-refractivity contribution in [3.8, 4) is 0 Å². The highest BCUT2D eigenvalue weighted by atomic mass is 16.1. The quantitative estimate of drug-likeness (QED) is 0.614. The Kier molecular flexibility index (Phi) is 5.37. The van der Waals surface area contributed by atoms with Gasteiger partial charge in [0.05, 0.1) is 0 Å². The number of nitrogens with zero attached hydrogens (tertiary/aromatic N) is 1. The van der Waals surface area contributed by atoms with E-state index in [1.165, 1.54) is 0 Å². The number of carbonyl (C=O) groups excluding carboxylic acids is 1. The molecule has 0 saturated carbocycles. The predicted molar refractivity (Wildman–Crippen MR) is 51.0 cm³/mol. The lowest BCUT2D eigenvalue weighted by molar-refractivity contribution is -0.117. The monoisotopic (exact) mass is 170 g/mol. The van der Waals surface area contributed by atoms with Crippen LogP contribution < -0.4 is 5.32 Å². The summed E-state index contributed by atoms with van der Waals surface area (Å²) in [4.78, 5) is 13.1. The smallest absolute Gasteiger partial charge is 0.247 e. The number of rotatable bonds is 5. The number of amides is 1. The first kappa shape index (κ1) is 11.2. The van der Waals surface area contributed by atoms with E-state index in [4.69, 9.17) is 0 Å². The molecule has 0 aliphatic carbocycles. The maximum atomic E-state index is 11.2. The molecule has 0 spiro atoms. The maximum Gasteiger partial charge on any atom is 0.247 e. The van der Waals surface area contributed by atoms with Crippen LogP contribution in [0.25, 0.3) is 0 Å². The second-order valence-corrected chi connectivity index (χ2v) is 3.10. The minimum absolute atomic E-state index is 0.0365. The van der Waals surface area contributed by atoms with Crippen LogP contribution in [0.4, 0.5) is 0 Å². The van der Waals surface area contributed by atoms with E-state index in [9.17, 15) is 4.79 Å². The van der Waals surface area contributed by atoms with Crippen molar-refractivity contribution in [1.29, 1.82) is 0 Å². The summed E-state index contributed by atoms with van der Waals surface area (Å²) in [5.74, 6) is -0.0365. The summed E-state index contributed by atoms with van der Waals surface area (Å²) in [5.41, 5.74) is 0.619. The molecule has 0 aliphatic rings. The first-order valence-electron chi connectivity index (χ1n) is 4.18. The van der Waals surface area contributed by atoms with Crippen LogP contribution in [0.2, 0.25) is 0 Å². The van der Waals surface area contributed by atoms with Gasteiger partial charge >= 0.3 is 0 Å². The first-order valence-corrected chi connectivity index (χ1v) is 4.18. The van der Waals surface area contributed by atoms with E-state index >= 15 is 0 Å². The Balaban J connectivity index is 3.70. The van der Waals surface area contributed by atoms with E-state index in [-0.39, 0.29) is 5.91 Å². The molecule has 12 heavy (non-hydrogen) atoms. The van der Waals surface area contributed by atoms with Crippen molar-refractivity contribution >= 4 is 5.91 Å². The van der Waals surface area contributed by atoms with Crippen LogP contribution in [-0.2, 0) is 4.79 Å². The molecule has 0 atom stereocenters. The van der Waals surface area contributed by atoms with Crippen molar-refractivity contribution in [2.45, 2.75) is 13.3 Å². The Bertz CT molecular complexity index is 164. The molecule has 0 radical (unpaired) electrons. The van der Waals surface area contributed by atoms with Crippen molar-refractivity contribution in [3.63, 3.8) is 0 Å². The van der Waals surface area contributed by atoms with Crippen LogP contribution in [-0.4, -0.2) is 38.0 Å². The van der Waals surface area contributed by atoms with Crippen molar-refractivity contribution in [2.24, 2.45) is 0 Å². The SMILES string of the molecule is C=C(CN(C)C)C(=O)NCCC. The average Bonchev–Trinajstić information content (AvgIpc) is 1.98. The fraction of sp³-hybridized carbons (Fsp3) is 0.667. The Morgan fingerprint density at radius 1 is 1.50 bits per heavy atom. The molecule has 0 unspecified atom stereocenters. The van der Waals surface area contributed by atoms with Crippen molar-refractivity contribution < 1.29 is 4.79 Å². The summed E-state index contributed by atoms with van der Waals surface area (Å²) in [6, 6.07) is 0. The van der Waals surface area contributed by atoms with Gasteiger partial charge in [0.1, 0.15) is 0 Å². The molecule has 0 aliphatic heterocycles. The van der Waals surface area contributed by atoms with Gasteiger partial charge in [-0.1, -0.05) is 13.5 Å². The Hall–Kier alpha value is -0.830. The van der Waals surface area contributed by atoms with Crippen LogP contribution in [0.15, 0.2) is 12.2 Å². The van der Waals surface area contributed by atoms with Crippen molar-refractivity contribution in [2.75, 3.05) is 27.2 Å². The van der Waals surface area contributed by atoms with E-state index in [0.29, 0.717) is 12.1 Å². The second-order valence-electron chi connectivity index (χ2n) is 3.10. The van der Waals surface area contributed by atoms with Gasteiger partial charge < -0.3 is 10.2 Å². The zero-order chi connectivity index (χ0) is 9.56. The number of likely N-dealkylation sites (N-methyl/N-ethyl adjacent to an activating group) is 1. The predicted octanol–water partition coefficient (Wildman–Crippen LogP) is 0.630. The molecule has 0 saturated heterocycles. The maximum absolute atomic E-state index is 11.2. The van der Waals surface area contributed by atoms with Crippen LogP contribution in [0.5, 0.6) is 0 Å². The molecule has 0 aromatic carbocycles. The summed E-state index contributed by atoms with van der Waals surface area (Å²) < 4.78 is 0. The lowest BCUT2D eigenvalue weighted by atomic mass is 10.2. The molecule has 0 aromatic rings. The minimum Gasteiger partial charge on any atom is -0.352 e. The highest BCUT2D eigenvalue weighted by Crippen LogP contribution is 1.91. The van der Waals surface area contributed by atoms with Gasteiger partial charge in [-0.15, -0.1) is 0 Å². The Morgan fingerprint density at radius 3 is 2.50 bits per heavy atom. The topological polar surface area (TPSA) is 32.3 Å². The molecule has 70 valence electrons. The third kappa shape index (κ3) is 4.91. The van der Waals surface area contributed by atoms with Crippen LogP contribution in [0, 0.1) is 0 Å². The average molecular weight is 170 g/mol. The van der Waals surface area contributed by atoms with Crippen molar-refractivity contribution in [1.82, 2.24) is 10.2 Å². The summed E-state index contributed by atoms with van der Waals surface area (Å²) in [6.07, 6.45) is 0.959. The largest absolute Gasteiger partial charge is 0.352 e. The molecule has 0 aromatic heterocycles. The summed E-state index contributed by atoms with van der Waals surface area (Å²) >= 11 is 0. The molecule has 3 nitrogen and oxygen atoms in total. The molecule has 0 heterocycles. The van der Waals surface area contributed by atoms with E-state index in [1.54, 1.807) is 0 Å². The highest BCUT2D eigenvalue weighted by molar-refractivity contribution is 5.93. The third-order valence-electron chi connectivity index (χ3n) is 1.36. The lowest BCUT2D eigenvalue weighted by Crippen LogP contribution is -2.29. The Labute approximate surface area is 74.4 Å². The zero-order valence-corrected chi connectivity index (χ0v) is 8.18. The number of carbonyl (C=O) groups is 1. The van der Waals surface area contributed by atoms with E-state index < -0.39 is 0 Å². The standard InChI is InChI=1S/C9H18N2O/c1-5-6-10-9(12)8(2)7-11(3)4/h2,5-7H2,1,3-4H3,(H,10,12). The van der Waals surface area contributed by atoms with Gasteiger partial charge in [0, 0.05) is 18.7 Å². The molecule has 1 amide bonds. The molecular weight excluding hydrogens is 152 g/mol. The van der Waals surface area contributed by atoms with Gasteiger partial charge in [0.25, 0.3) is 0 Å². The zero-order valence-electron chi connectivity index (χ0n) is 8.18. The van der Waals surface area contributed by atoms with Crippen LogP contribution >= 0.6 is 0 Å². The molecular formula is C9H18N2O. The van der Waals surface area contributed by atoms with Crippen molar-refractivity contribution in [3.05, 3.63) is 12.2 Å². The van der Waals surface area contributed by atoms with Gasteiger partial charge in [-0.2, -0.15) is 0 Å². The molecule has 3 heteroatoms. The van der Waals surface area contributed by atoms with Gasteiger partial charge in [-0.05, 0) is 20.5 Å². The number of hydrogen-bond donors (Lipinski definition) is 1. The van der Waals surface area contributed by atoms with E-state index in [0.717, 1.165) is 13.0 Å². The molecule has 0 bridgehead atoms.